The summed E-state index contributed by atoms with van der Waals surface area (Å²) < 4.78 is 12.5. The predicted octanol–water partition coefficient (Wildman–Crippen LogP) is 2.27. The molecule has 4 rings (SSSR count). The molecule has 7 heteroatoms. The Morgan fingerprint density at radius 3 is 3.00 bits per heavy atom. The minimum absolute atomic E-state index is 0.494. The standard InChI is InChI=1S/C17H19N5O2/c1-23-14-4-2-12(3-5-14)9-22-10-13(8-19-22)16-15-6-7-24-11-18-17(15)21-20-16/h2-5,8,10H,6-7,9,11H2,1H3,(H2,18,20,21). The Labute approximate surface area is 139 Å². The van der Waals surface area contributed by atoms with Gasteiger partial charge in [0.15, 0.2) is 5.82 Å². The van der Waals surface area contributed by atoms with Crippen molar-refractivity contribution in [3.8, 4) is 17.0 Å². The molecule has 0 atom stereocenters. The van der Waals surface area contributed by atoms with Gasteiger partial charge >= 0.3 is 0 Å². The first-order valence-corrected chi connectivity index (χ1v) is 7.88. The van der Waals surface area contributed by atoms with Crippen LogP contribution in [-0.2, 0) is 17.7 Å². The Morgan fingerprint density at radius 1 is 1.29 bits per heavy atom. The number of H-pyrrole nitrogens is 1. The summed E-state index contributed by atoms with van der Waals surface area (Å²) in [7, 11) is 1.67. The van der Waals surface area contributed by atoms with Crippen LogP contribution < -0.4 is 10.1 Å². The summed E-state index contributed by atoms with van der Waals surface area (Å²) in [5.41, 5.74) is 4.35. The predicted molar refractivity (Wildman–Crippen MR) is 90.1 cm³/mol. The first-order chi connectivity index (χ1) is 11.8. The highest BCUT2D eigenvalue weighted by molar-refractivity contribution is 5.68. The van der Waals surface area contributed by atoms with Crippen LogP contribution in [0.3, 0.4) is 0 Å². The molecule has 2 N–H and O–H groups in total. The third kappa shape index (κ3) is 2.85. The topological polar surface area (TPSA) is 77.0 Å². The van der Waals surface area contributed by atoms with E-state index in [1.54, 1.807) is 7.11 Å². The molecular formula is C17H19N5O2. The zero-order chi connectivity index (χ0) is 16.4. The SMILES string of the molecule is COc1ccc(Cn2cc(-c3[nH]nc4c3CCOCN4)cn2)cc1. The molecule has 0 unspecified atom stereocenters. The number of rotatable bonds is 4. The van der Waals surface area contributed by atoms with E-state index >= 15 is 0 Å². The van der Waals surface area contributed by atoms with Gasteiger partial charge in [0.2, 0.25) is 0 Å². The van der Waals surface area contributed by atoms with Gasteiger partial charge in [-0.25, -0.2) is 0 Å². The number of ether oxygens (including phenoxy) is 2. The molecular weight excluding hydrogens is 306 g/mol. The van der Waals surface area contributed by atoms with E-state index in [9.17, 15) is 0 Å². The van der Waals surface area contributed by atoms with E-state index in [2.05, 4.69) is 20.6 Å². The fourth-order valence-electron chi connectivity index (χ4n) is 2.86. The van der Waals surface area contributed by atoms with Gasteiger partial charge in [-0.05, 0) is 17.7 Å². The fraction of sp³-hybridized carbons (Fsp3) is 0.294. The monoisotopic (exact) mass is 325 g/mol. The van der Waals surface area contributed by atoms with Crippen LogP contribution in [0.15, 0.2) is 36.7 Å². The number of methoxy groups -OCH3 is 1. The highest BCUT2D eigenvalue weighted by atomic mass is 16.5. The second kappa shape index (κ2) is 6.37. The average molecular weight is 325 g/mol. The van der Waals surface area contributed by atoms with E-state index in [4.69, 9.17) is 9.47 Å². The smallest absolute Gasteiger partial charge is 0.153 e. The van der Waals surface area contributed by atoms with Crippen molar-refractivity contribution in [2.24, 2.45) is 0 Å². The summed E-state index contributed by atoms with van der Waals surface area (Å²) in [5, 5.41) is 15.1. The van der Waals surface area contributed by atoms with Gasteiger partial charge in [0, 0.05) is 23.7 Å². The summed E-state index contributed by atoms with van der Waals surface area (Å²) in [4.78, 5) is 0. The van der Waals surface area contributed by atoms with Crippen molar-refractivity contribution in [3.63, 3.8) is 0 Å². The Kier molecular flexibility index (Phi) is 3.92. The number of benzene rings is 1. The molecule has 1 aliphatic rings. The van der Waals surface area contributed by atoms with Gasteiger partial charge < -0.3 is 14.8 Å². The lowest BCUT2D eigenvalue weighted by Gasteiger charge is -2.04. The quantitative estimate of drug-likeness (QED) is 0.769. The normalized spacial score (nSPS) is 13.9. The Hall–Kier alpha value is -2.80. The third-order valence-electron chi connectivity index (χ3n) is 4.13. The van der Waals surface area contributed by atoms with E-state index in [0.717, 1.165) is 34.8 Å². The summed E-state index contributed by atoms with van der Waals surface area (Å²) in [6, 6.07) is 8.01. The number of anilines is 1. The van der Waals surface area contributed by atoms with Gasteiger partial charge in [0.05, 0.1) is 32.2 Å². The molecule has 0 radical (unpaired) electrons. The Morgan fingerprint density at radius 2 is 2.17 bits per heavy atom. The molecule has 0 saturated carbocycles. The lowest BCUT2D eigenvalue weighted by atomic mass is 10.1. The number of aromatic amines is 1. The molecule has 3 aromatic rings. The molecule has 0 amide bonds. The maximum absolute atomic E-state index is 5.43. The summed E-state index contributed by atoms with van der Waals surface area (Å²) in [6.45, 7) is 1.89. The van der Waals surface area contributed by atoms with E-state index in [-0.39, 0.29) is 0 Å². The molecule has 3 heterocycles. The lowest BCUT2D eigenvalue weighted by Crippen LogP contribution is -2.03. The summed E-state index contributed by atoms with van der Waals surface area (Å²) >= 11 is 0. The molecule has 0 bridgehead atoms. The van der Waals surface area contributed by atoms with Crippen LogP contribution >= 0.6 is 0 Å². The number of hydrogen-bond donors (Lipinski definition) is 2. The second-order valence-electron chi connectivity index (χ2n) is 5.68. The minimum atomic E-state index is 0.494. The first-order valence-electron chi connectivity index (χ1n) is 7.88. The zero-order valence-corrected chi connectivity index (χ0v) is 13.5. The van der Waals surface area contributed by atoms with Gasteiger partial charge in [-0.3, -0.25) is 9.78 Å². The Bertz CT molecular complexity index is 822. The van der Waals surface area contributed by atoms with Crippen molar-refractivity contribution in [1.82, 2.24) is 20.0 Å². The molecule has 124 valence electrons. The van der Waals surface area contributed by atoms with Crippen molar-refractivity contribution in [1.29, 1.82) is 0 Å². The average Bonchev–Trinajstić information content (AvgIpc) is 3.16. The molecule has 0 spiro atoms. The van der Waals surface area contributed by atoms with Crippen LogP contribution in [0, 0.1) is 0 Å². The van der Waals surface area contributed by atoms with E-state index in [1.807, 2.05) is 41.3 Å². The van der Waals surface area contributed by atoms with E-state index in [1.165, 1.54) is 5.56 Å². The highest BCUT2D eigenvalue weighted by Crippen LogP contribution is 2.28. The maximum atomic E-state index is 5.43. The summed E-state index contributed by atoms with van der Waals surface area (Å²) in [5.74, 6) is 1.72. The van der Waals surface area contributed by atoms with Crippen LogP contribution in [-0.4, -0.2) is 40.4 Å². The van der Waals surface area contributed by atoms with E-state index < -0.39 is 0 Å². The molecule has 0 aliphatic carbocycles. The highest BCUT2D eigenvalue weighted by Gasteiger charge is 2.17. The fourth-order valence-corrected chi connectivity index (χ4v) is 2.86. The van der Waals surface area contributed by atoms with Gasteiger partial charge in [0.1, 0.15) is 12.5 Å². The largest absolute Gasteiger partial charge is 0.497 e. The molecule has 0 fully saturated rings. The van der Waals surface area contributed by atoms with Crippen molar-refractivity contribution >= 4 is 5.82 Å². The van der Waals surface area contributed by atoms with Crippen LogP contribution in [0.4, 0.5) is 5.82 Å². The number of aromatic nitrogens is 4. The maximum Gasteiger partial charge on any atom is 0.153 e. The van der Waals surface area contributed by atoms with Crippen LogP contribution in [0.5, 0.6) is 5.75 Å². The number of fused-ring (bicyclic) bond motifs is 1. The van der Waals surface area contributed by atoms with Crippen molar-refractivity contribution in [2.45, 2.75) is 13.0 Å². The van der Waals surface area contributed by atoms with Gasteiger partial charge in [-0.1, -0.05) is 12.1 Å². The molecule has 7 nitrogen and oxygen atoms in total. The van der Waals surface area contributed by atoms with Crippen LogP contribution in [0.2, 0.25) is 0 Å². The number of nitrogens with zero attached hydrogens (tertiary/aromatic N) is 3. The first kappa shape index (κ1) is 14.8. The molecule has 1 aromatic carbocycles. The van der Waals surface area contributed by atoms with Gasteiger partial charge in [0.25, 0.3) is 0 Å². The third-order valence-corrected chi connectivity index (χ3v) is 4.13. The molecule has 0 saturated heterocycles. The number of nitrogens with one attached hydrogen (secondary N) is 2. The molecule has 2 aromatic heterocycles. The van der Waals surface area contributed by atoms with E-state index in [0.29, 0.717) is 19.9 Å². The van der Waals surface area contributed by atoms with Crippen LogP contribution in [0.25, 0.3) is 11.3 Å². The minimum Gasteiger partial charge on any atom is -0.497 e. The lowest BCUT2D eigenvalue weighted by molar-refractivity contribution is 0.159. The van der Waals surface area contributed by atoms with Crippen LogP contribution in [0.1, 0.15) is 11.1 Å². The Balaban J connectivity index is 1.55. The van der Waals surface area contributed by atoms with Crippen molar-refractivity contribution < 1.29 is 9.47 Å². The van der Waals surface area contributed by atoms with Crippen molar-refractivity contribution in [2.75, 3.05) is 25.8 Å². The zero-order valence-electron chi connectivity index (χ0n) is 13.5. The summed E-state index contributed by atoms with van der Waals surface area (Å²) in [6.07, 6.45) is 4.73. The van der Waals surface area contributed by atoms with Gasteiger partial charge in [-0.15, -0.1) is 0 Å². The molecule has 24 heavy (non-hydrogen) atoms. The van der Waals surface area contributed by atoms with Crippen molar-refractivity contribution in [3.05, 3.63) is 47.8 Å². The number of hydrogen-bond acceptors (Lipinski definition) is 5. The second-order valence-corrected chi connectivity index (χ2v) is 5.68. The van der Waals surface area contributed by atoms with Gasteiger partial charge in [-0.2, -0.15) is 10.2 Å². The molecule has 1 aliphatic heterocycles.